The molecular formula is C27H40BF3N4O5. The lowest BCUT2D eigenvalue weighted by Gasteiger charge is -2.28. The number of carbonyl (C=O) groups excluding carboxylic acids is 2. The maximum atomic E-state index is 13.0. The number of amides is 2. The van der Waals surface area contributed by atoms with E-state index in [0.717, 1.165) is 17.5 Å². The molecule has 2 amide bonds. The largest absolute Gasteiger partial charge is 0.475 e. The van der Waals surface area contributed by atoms with Crippen LogP contribution in [0.5, 0.6) is 0 Å². The molecule has 1 heterocycles. The van der Waals surface area contributed by atoms with Crippen molar-refractivity contribution < 1.29 is 37.5 Å². The van der Waals surface area contributed by atoms with Gasteiger partial charge in [-0.15, -0.1) is 0 Å². The minimum absolute atomic E-state index is 0.0150. The first kappa shape index (κ1) is 33.6. The van der Waals surface area contributed by atoms with Gasteiger partial charge in [0.25, 0.3) is 0 Å². The standard InChI is InChI=1S/C27H40BF3N4O5/c1-4-19-7-5-8-20(12-19)13-24(28(38)39)34-25(36)23(33-17-27(29,30)31)16-40-15-22-9-6-10-35(22)26(37)21(14-32)11-18(2)3/h5,7-8,12,18,21-24,33,38-39H,4,6,9-11,13,15-17H2,1-3H3,(H,34,36)/t21?,22-,23+,24+/m1/s1. The number of carbonyl (C=O) groups is 2. The summed E-state index contributed by atoms with van der Waals surface area (Å²) in [5.74, 6) is -2.97. The summed E-state index contributed by atoms with van der Waals surface area (Å²) in [5, 5.41) is 33.7. The maximum Gasteiger partial charge on any atom is 0.475 e. The third-order valence-corrected chi connectivity index (χ3v) is 6.82. The van der Waals surface area contributed by atoms with Gasteiger partial charge in [0.05, 0.1) is 37.8 Å². The zero-order valence-electron chi connectivity index (χ0n) is 23.3. The Labute approximate surface area is 234 Å². The van der Waals surface area contributed by atoms with Gasteiger partial charge in [-0.25, -0.2) is 0 Å². The molecule has 13 heteroatoms. The van der Waals surface area contributed by atoms with Gasteiger partial charge in [-0.1, -0.05) is 45.0 Å². The Morgan fingerprint density at radius 2 is 1.98 bits per heavy atom. The number of halogens is 3. The smallest absolute Gasteiger partial charge is 0.426 e. The van der Waals surface area contributed by atoms with Crippen molar-refractivity contribution in [3.8, 4) is 6.07 Å². The van der Waals surface area contributed by atoms with Gasteiger partial charge in [0.1, 0.15) is 12.0 Å². The van der Waals surface area contributed by atoms with Crippen LogP contribution in [0.4, 0.5) is 13.2 Å². The second kappa shape index (κ2) is 16.0. The zero-order valence-corrected chi connectivity index (χ0v) is 23.3. The molecule has 1 fully saturated rings. The lowest BCUT2D eigenvalue weighted by molar-refractivity contribution is -0.138. The Morgan fingerprint density at radius 1 is 1.27 bits per heavy atom. The van der Waals surface area contributed by atoms with Crippen molar-refractivity contribution in [3.63, 3.8) is 0 Å². The van der Waals surface area contributed by atoms with Crippen LogP contribution in [-0.2, 0) is 27.2 Å². The maximum absolute atomic E-state index is 13.0. The SMILES string of the molecule is CCc1cccc(C[C@H](NC(=O)[C@H](COC[C@H]2CCCN2C(=O)C(C#N)CC(C)C)NCC(F)(F)F)B(O)O)c1. The average molecular weight is 568 g/mol. The van der Waals surface area contributed by atoms with E-state index in [1.165, 1.54) is 0 Å². The highest BCUT2D eigenvalue weighted by atomic mass is 19.4. The first-order chi connectivity index (χ1) is 18.8. The summed E-state index contributed by atoms with van der Waals surface area (Å²) in [6.45, 7) is 4.35. The molecule has 222 valence electrons. The van der Waals surface area contributed by atoms with Gasteiger partial charge in [0, 0.05) is 6.54 Å². The molecule has 1 saturated heterocycles. The Hall–Kier alpha value is -2.66. The normalized spacial score (nSPS) is 17.8. The highest BCUT2D eigenvalue weighted by Crippen LogP contribution is 2.23. The van der Waals surface area contributed by atoms with Gasteiger partial charge >= 0.3 is 13.3 Å². The average Bonchev–Trinajstić information content (AvgIpc) is 3.36. The molecule has 9 nitrogen and oxygen atoms in total. The number of nitriles is 1. The third kappa shape index (κ3) is 11.1. The molecule has 1 aromatic rings. The van der Waals surface area contributed by atoms with E-state index in [4.69, 9.17) is 4.74 Å². The molecule has 0 aliphatic carbocycles. The summed E-state index contributed by atoms with van der Waals surface area (Å²) in [7, 11) is -1.95. The molecule has 0 aromatic heterocycles. The van der Waals surface area contributed by atoms with Crippen LogP contribution in [0.2, 0.25) is 0 Å². The zero-order chi connectivity index (χ0) is 29.9. The number of hydrogen-bond donors (Lipinski definition) is 4. The second-order valence-corrected chi connectivity index (χ2v) is 10.6. The minimum Gasteiger partial charge on any atom is -0.426 e. The fourth-order valence-corrected chi connectivity index (χ4v) is 4.71. The van der Waals surface area contributed by atoms with E-state index >= 15 is 0 Å². The van der Waals surface area contributed by atoms with Crippen molar-refractivity contribution in [2.24, 2.45) is 11.8 Å². The van der Waals surface area contributed by atoms with E-state index in [1.807, 2.05) is 32.9 Å². The summed E-state index contributed by atoms with van der Waals surface area (Å²) in [5.41, 5.74) is 1.74. The van der Waals surface area contributed by atoms with Crippen LogP contribution in [-0.4, -0.2) is 84.4 Å². The number of alkyl halides is 3. The Bertz CT molecular complexity index is 1010. The molecule has 1 aliphatic heterocycles. The molecule has 1 aromatic carbocycles. The number of ether oxygens (including phenoxy) is 1. The van der Waals surface area contributed by atoms with E-state index in [0.29, 0.717) is 25.8 Å². The van der Waals surface area contributed by atoms with Crippen molar-refractivity contribution in [1.82, 2.24) is 15.5 Å². The molecule has 4 N–H and O–H groups in total. The van der Waals surface area contributed by atoms with Gasteiger partial charge in [-0.2, -0.15) is 18.4 Å². The van der Waals surface area contributed by atoms with Crippen LogP contribution < -0.4 is 10.6 Å². The van der Waals surface area contributed by atoms with Gasteiger partial charge in [0.2, 0.25) is 11.8 Å². The fourth-order valence-electron chi connectivity index (χ4n) is 4.71. The molecule has 0 saturated carbocycles. The Balaban J connectivity index is 2.05. The quantitative estimate of drug-likeness (QED) is 0.238. The fraction of sp³-hybridized carbons (Fsp3) is 0.667. The summed E-state index contributed by atoms with van der Waals surface area (Å²) in [6.07, 6.45) is -2.05. The number of nitrogens with one attached hydrogen (secondary N) is 2. The molecule has 0 bridgehead atoms. The van der Waals surface area contributed by atoms with Gasteiger partial charge in [-0.05, 0) is 49.1 Å². The molecule has 0 radical (unpaired) electrons. The first-order valence-electron chi connectivity index (χ1n) is 13.7. The molecule has 2 rings (SSSR count). The minimum atomic E-state index is -4.59. The highest BCUT2D eigenvalue weighted by molar-refractivity contribution is 6.43. The van der Waals surface area contributed by atoms with Crippen molar-refractivity contribution in [2.75, 3.05) is 26.3 Å². The first-order valence-corrected chi connectivity index (χ1v) is 13.7. The number of nitrogens with zero attached hydrogens (tertiary/aromatic N) is 2. The number of rotatable bonds is 15. The Morgan fingerprint density at radius 3 is 2.58 bits per heavy atom. The van der Waals surface area contributed by atoms with Gasteiger partial charge < -0.3 is 25.0 Å². The molecule has 1 aliphatic rings. The van der Waals surface area contributed by atoms with E-state index in [-0.39, 0.29) is 30.9 Å². The van der Waals surface area contributed by atoms with Gasteiger partial charge in [0.15, 0.2) is 0 Å². The topological polar surface area (TPSA) is 135 Å². The van der Waals surface area contributed by atoms with Crippen molar-refractivity contribution >= 4 is 18.9 Å². The summed E-state index contributed by atoms with van der Waals surface area (Å²) in [4.78, 5) is 27.5. The molecule has 1 unspecified atom stereocenters. The highest BCUT2D eigenvalue weighted by Gasteiger charge is 2.35. The van der Waals surface area contributed by atoms with Crippen LogP contribution in [0.25, 0.3) is 0 Å². The predicted octanol–water partition coefficient (Wildman–Crippen LogP) is 2.00. The summed E-state index contributed by atoms with van der Waals surface area (Å²) >= 11 is 0. The van der Waals surface area contributed by atoms with Crippen LogP contribution in [0.15, 0.2) is 24.3 Å². The van der Waals surface area contributed by atoms with E-state index in [9.17, 15) is 38.1 Å². The Kier molecular flexibility index (Phi) is 13.4. The molecular weight excluding hydrogens is 528 g/mol. The van der Waals surface area contributed by atoms with Crippen LogP contribution in [0, 0.1) is 23.2 Å². The number of benzene rings is 1. The van der Waals surface area contributed by atoms with Crippen molar-refractivity contribution in [2.45, 2.75) is 77.1 Å². The van der Waals surface area contributed by atoms with Crippen molar-refractivity contribution in [3.05, 3.63) is 35.4 Å². The lowest BCUT2D eigenvalue weighted by atomic mass is 9.75. The third-order valence-electron chi connectivity index (χ3n) is 6.82. The van der Waals surface area contributed by atoms with Crippen LogP contribution in [0.3, 0.4) is 0 Å². The van der Waals surface area contributed by atoms with Crippen LogP contribution >= 0.6 is 0 Å². The summed E-state index contributed by atoms with van der Waals surface area (Å²) < 4.78 is 44.5. The van der Waals surface area contributed by atoms with Crippen molar-refractivity contribution in [1.29, 1.82) is 5.26 Å². The number of likely N-dealkylation sites (tertiary alicyclic amines) is 1. The second-order valence-electron chi connectivity index (χ2n) is 10.6. The summed E-state index contributed by atoms with van der Waals surface area (Å²) in [6, 6.07) is 7.58. The monoisotopic (exact) mass is 568 g/mol. The lowest BCUT2D eigenvalue weighted by Crippen LogP contribution is -2.56. The molecule has 4 atom stereocenters. The van der Waals surface area contributed by atoms with Crippen LogP contribution in [0.1, 0.15) is 51.2 Å². The molecule has 40 heavy (non-hydrogen) atoms. The number of hydrogen-bond acceptors (Lipinski definition) is 7. The van der Waals surface area contributed by atoms with Gasteiger partial charge in [-0.3, -0.25) is 14.9 Å². The number of aryl methyl sites for hydroxylation is 1. The van der Waals surface area contributed by atoms with E-state index in [1.54, 1.807) is 17.0 Å². The molecule has 0 spiro atoms. The predicted molar refractivity (Wildman–Crippen MR) is 144 cm³/mol. The van der Waals surface area contributed by atoms with E-state index < -0.39 is 50.3 Å². The van der Waals surface area contributed by atoms with E-state index in [2.05, 4.69) is 16.7 Å².